The molecule has 5 nitrogen and oxygen atoms in total. The van der Waals surface area contributed by atoms with Crippen molar-refractivity contribution in [2.45, 2.75) is 25.8 Å². The number of hydrogen-bond donors (Lipinski definition) is 1. The van der Waals surface area contributed by atoms with E-state index in [-0.39, 0.29) is 30.0 Å². The summed E-state index contributed by atoms with van der Waals surface area (Å²) in [6.07, 6.45) is 2.47. The molecule has 2 aliphatic heterocycles. The average Bonchev–Trinajstić information content (AvgIpc) is 2.64. The van der Waals surface area contributed by atoms with E-state index in [9.17, 15) is 0 Å². The Hall–Kier alpha value is -0.570. The molecule has 0 saturated carbocycles. The number of aliphatic imine (C=N–C) groups is 1. The van der Waals surface area contributed by atoms with Gasteiger partial charge >= 0.3 is 0 Å². The number of likely N-dealkylation sites (tertiary alicyclic amines) is 1. The third kappa shape index (κ3) is 5.71. The van der Waals surface area contributed by atoms with Gasteiger partial charge in [0.2, 0.25) is 0 Å². The second kappa shape index (κ2) is 10.7. The third-order valence-electron chi connectivity index (χ3n) is 5.16. The van der Waals surface area contributed by atoms with Gasteiger partial charge in [-0.25, -0.2) is 0 Å². The maximum atomic E-state index is 6.47. The summed E-state index contributed by atoms with van der Waals surface area (Å²) in [5.74, 6) is 1.35. The Balaban J connectivity index is 0.00000243. The molecule has 2 heterocycles. The molecule has 146 valence electrons. The van der Waals surface area contributed by atoms with Crippen molar-refractivity contribution in [3.05, 3.63) is 34.9 Å². The summed E-state index contributed by atoms with van der Waals surface area (Å²) < 4.78 is 5.51. The normalized spacial score (nSPS) is 23.4. The Labute approximate surface area is 178 Å². The first-order valence-corrected chi connectivity index (χ1v) is 9.64. The van der Waals surface area contributed by atoms with Crippen LogP contribution < -0.4 is 5.73 Å². The van der Waals surface area contributed by atoms with Gasteiger partial charge in [-0.1, -0.05) is 36.7 Å². The average molecular weight is 493 g/mol. The fraction of sp³-hybridized carbons (Fsp3) is 0.632. The zero-order valence-corrected chi connectivity index (χ0v) is 18.5. The minimum Gasteiger partial charge on any atom is -0.379 e. The van der Waals surface area contributed by atoms with Crippen LogP contribution in [-0.4, -0.2) is 61.7 Å². The zero-order chi connectivity index (χ0) is 17.6. The van der Waals surface area contributed by atoms with Crippen molar-refractivity contribution in [3.8, 4) is 0 Å². The van der Waals surface area contributed by atoms with E-state index in [1.165, 1.54) is 12.8 Å². The van der Waals surface area contributed by atoms with E-state index in [1.807, 2.05) is 18.2 Å². The van der Waals surface area contributed by atoms with Crippen LogP contribution in [0.5, 0.6) is 0 Å². The predicted molar refractivity (Wildman–Crippen MR) is 118 cm³/mol. The highest BCUT2D eigenvalue weighted by Gasteiger charge is 2.25. The first kappa shape index (κ1) is 21.7. The van der Waals surface area contributed by atoms with Crippen LogP contribution in [-0.2, 0) is 4.74 Å². The molecule has 2 aliphatic rings. The second-order valence-electron chi connectivity index (χ2n) is 7.08. The molecule has 2 saturated heterocycles. The molecule has 0 radical (unpaired) electrons. The van der Waals surface area contributed by atoms with Gasteiger partial charge in [0.05, 0.1) is 25.8 Å². The highest BCUT2D eigenvalue weighted by molar-refractivity contribution is 14.0. The van der Waals surface area contributed by atoms with Gasteiger partial charge in [0.15, 0.2) is 5.96 Å². The number of rotatable bonds is 4. The van der Waals surface area contributed by atoms with Crippen molar-refractivity contribution in [1.29, 1.82) is 0 Å². The molecule has 0 bridgehead atoms. The van der Waals surface area contributed by atoms with E-state index in [4.69, 9.17) is 27.1 Å². The molecule has 2 unspecified atom stereocenters. The number of hydrogen-bond acceptors (Lipinski definition) is 3. The van der Waals surface area contributed by atoms with Gasteiger partial charge < -0.3 is 15.4 Å². The number of guanidine groups is 1. The zero-order valence-electron chi connectivity index (χ0n) is 15.4. The van der Waals surface area contributed by atoms with Gasteiger partial charge in [0.1, 0.15) is 0 Å². The van der Waals surface area contributed by atoms with Gasteiger partial charge in [-0.05, 0) is 30.4 Å². The third-order valence-corrected chi connectivity index (χ3v) is 5.50. The summed E-state index contributed by atoms with van der Waals surface area (Å²) >= 11 is 6.47. The van der Waals surface area contributed by atoms with Crippen molar-refractivity contribution >= 4 is 41.5 Å². The maximum Gasteiger partial charge on any atom is 0.191 e. The van der Waals surface area contributed by atoms with Crippen LogP contribution in [0.4, 0.5) is 0 Å². The molecular weight excluding hydrogens is 463 g/mol. The van der Waals surface area contributed by atoms with Gasteiger partial charge in [0, 0.05) is 31.2 Å². The molecular formula is C19H30ClIN4O. The number of nitrogens with two attached hydrogens (primary N) is 1. The van der Waals surface area contributed by atoms with E-state index in [2.05, 4.69) is 22.8 Å². The standard InChI is InChI=1S/C19H29ClN4O.HI/c1-15-5-4-8-24(14-15)19(21)22-13-18(23-9-11-25-12-10-23)16-6-2-3-7-17(16)20;/h2-3,6-7,15,18H,4-5,8-14H2,1H3,(H2,21,22);1H. The molecule has 3 rings (SSSR count). The van der Waals surface area contributed by atoms with Crippen LogP contribution in [0.1, 0.15) is 31.4 Å². The molecule has 1 aromatic carbocycles. The summed E-state index contributed by atoms with van der Waals surface area (Å²) in [5, 5.41) is 0.791. The lowest BCUT2D eigenvalue weighted by Gasteiger charge is -2.35. The van der Waals surface area contributed by atoms with Crippen LogP contribution in [0.3, 0.4) is 0 Å². The van der Waals surface area contributed by atoms with E-state index < -0.39 is 0 Å². The molecule has 0 amide bonds. The lowest BCUT2D eigenvalue weighted by molar-refractivity contribution is 0.0179. The van der Waals surface area contributed by atoms with Crippen LogP contribution in [0, 0.1) is 5.92 Å². The van der Waals surface area contributed by atoms with E-state index in [0.717, 1.165) is 50.0 Å². The Morgan fingerprint density at radius 1 is 1.31 bits per heavy atom. The lowest BCUT2D eigenvalue weighted by atomic mass is 10.0. The van der Waals surface area contributed by atoms with Crippen molar-refractivity contribution in [3.63, 3.8) is 0 Å². The molecule has 0 spiro atoms. The van der Waals surface area contributed by atoms with Gasteiger partial charge in [-0.2, -0.15) is 0 Å². The first-order chi connectivity index (χ1) is 12.1. The predicted octanol–water partition coefficient (Wildman–Crippen LogP) is 3.38. The molecule has 2 N–H and O–H groups in total. The molecule has 2 fully saturated rings. The summed E-state index contributed by atoms with van der Waals surface area (Å²) in [4.78, 5) is 9.38. The van der Waals surface area contributed by atoms with Crippen LogP contribution in [0.25, 0.3) is 0 Å². The fourth-order valence-electron chi connectivity index (χ4n) is 3.72. The number of morpholine rings is 1. The van der Waals surface area contributed by atoms with Crippen LogP contribution in [0.15, 0.2) is 29.3 Å². The summed E-state index contributed by atoms with van der Waals surface area (Å²) in [6.45, 7) is 8.21. The van der Waals surface area contributed by atoms with Gasteiger partial charge in [0.25, 0.3) is 0 Å². The highest BCUT2D eigenvalue weighted by Crippen LogP contribution is 2.28. The smallest absolute Gasteiger partial charge is 0.191 e. The number of piperidine rings is 1. The largest absolute Gasteiger partial charge is 0.379 e. The topological polar surface area (TPSA) is 54.1 Å². The van der Waals surface area contributed by atoms with Crippen LogP contribution in [0.2, 0.25) is 5.02 Å². The number of ether oxygens (including phenoxy) is 1. The lowest BCUT2D eigenvalue weighted by Crippen LogP contribution is -2.44. The summed E-state index contributed by atoms with van der Waals surface area (Å²) in [5.41, 5.74) is 7.42. The first-order valence-electron chi connectivity index (χ1n) is 9.26. The Morgan fingerprint density at radius 2 is 2.04 bits per heavy atom. The monoisotopic (exact) mass is 492 g/mol. The molecule has 26 heavy (non-hydrogen) atoms. The van der Waals surface area contributed by atoms with Crippen molar-refractivity contribution in [1.82, 2.24) is 9.80 Å². The fourth-order valence-corrected chi connectivity index (χ4v) is 3.98. The minimum absolute atomic E-state index is 0. The van der Waals surface area contributed by atoms with E-state index in [0.29, 0.717) is 18.4 Å². The number of halogens is 2. The molecule has 2 atom stereocenters. The van der Waals surface area contributed by atoms with Crippen molar-refractivity contribution < 1.29 is 4.74 Å². The Bertz CT molecular complexity index is 595. The van der Waals surface area contributed by atoms with Gasteiger partial charge in [-0.3, -0.25) is 9.89 Å². The van der Waals surface area contributed by atoms with E-state index in [1.54, 1.807) is 0 Å². The minimum atomic E-state index is 0. The van der Waals surface area contributed by atoms with Crippen molar-refractivity contribution in [2.75, 3.05) is 45.9 Å². The Morgan fingerprint density at radius 3 is 2.73 bits per heavy atom. The molecule has 1 aromatic rings. The molecule has 0 aromatic heterocycles. The summed E-state index contributed by atoms with van der Waals surface area (Å²) in [7, 11) is 0. The second-order valence-corrected chi connectivity index (χ2v) is 7.49. The summed E-state index contributed by atoms with van der Waals surface area (Å²) in [6, 6.07) is 8.18. The maximum absolute atomic E-state index is 6.47. The molecule has 7 heteroatoms. The SMILES string of the molecule is CC1CCCN(C(N)=NCC(c2ccccc2Cl)N2CCOCC2)C1.I. The molecule has 0 aliphatic carbocycles. The Kier molecular flexibility index (Phi) is 8.93. The van der Waals surface area contributed by atoms with Crippen molar-refractivity contribution in [2.24, 2.45) is 16.6 Å². The highest BCUT2D eigenvalue weighted by atomic mass is 127. The van der Waals surface area contributed by atoms with Crippen LogP contribution >= 0.6 is 35.6 Å². The van der Waals surface area contributed by atoms with E-state index >= 15 is 0 Å². The number of benzene rings is 1. The number of nitrogens with zero attached hydrogens (tertiary/aromatic N) is 3. The quantitative estimate of drug-likeness (QED) is 0.398. The van der Waals surface area contributed by atoms with Gasteiger partial charge in [-0.15, -0.1) is 24.0 Å².